The molecule has 0 aliphatic heterocycles. The van der Waals surface area contributed by atoms with Crippen molar-refractivity contribution >= 4 is 17.9 Å². The highest BCUT2D eigenvalue weighted by Gasteiger charge is 1.99. The Labute approximate surface area is 105 Å². The van der Waals surface area contributed by atoms with E-state index in [0.717, 1.165) is 16.9 Å². The van der Waals surface area contributed by atoms with Gasteiger partial charge in [-0.05, 0) is 29.8 Å². The fraction of sp³-hybridized carbons (Fsp3) is 0.0714. The Morgan fingerprint density at radius 2 is 2.00 bits per heavy atom. The van der Waals surface area contributed by atoms with Gasteiger partial charge in [-0.25, -0.2) is 0 Å². The Bertz CT molecular complexity index is 548. The third-order valence-corrected chi connectivity index (χ3v) is 2.33. The highest BCUT2D eigenvalue weighted by Crippen LogP contribution is 2.13. The summed E-state index contributed by atoms with van der Waals surface area (Å²) in [4.78, 5) is 18.9. The highest BCUT2D eigenvalue weighted by atomic mass is 16.4. The van der Waals surface area contributed by atoms with Crippen molar-refractivity contribution in [2.24, 2.45) is 4.99 Å². The largest absolute Gasteiger partial charge is 0.481 e. The first-order valence-electron chi connectivity index (χ1n) is 5.50. The molecule has 1 aromatic carbocycles. The van der Waals surface area contributed by atoms with Gasteiger partial charge in [-0.2, -0.15) is 0 Å². The van der Waals surface area contributed by atoms with Gasteiger partial charge in [0.05, 0.1) is 24.0 Å². The van der Waals surface area contributed by atoms with Gasteiger partial charge in [0.2, 0.25) is 0 Å². The topological polar surface area (TPSA) is 62.5 Å². The molecule has 0 unspecified atom stereocenters. The van der Waals surface area contributed by atoms with Crippen molar-refractivity contribution < 1.29 is 9.90 Å². The molecule has 18 heavy (non-hydrogen) atoms. The summed E-state index contributed by atoms with van der Waals surface area (Å²) >= 11 is 0. The fourth-order valence-electron chi connectivity index (χ4n) is 1.47. The van der Waals surface area contributed by atoms with E-state index in [1.165, 1.54) is 0 Å². The third kappa shape index (κ3) is 3.52. The molecule has 1 heterocycles. The van der Waals surface area contributed by atoms with Crippen LogP contribution in [0.5, 0.6) is 0 Å². The van der Waals surface area contributed by atoms with Crippen LogP contribution in [0.1, 0.15) is 11.3 Å². The van der Waals surface area contributed by atoms with E-state index in [4.69, 9.17) is 5.11 Å². The number of hydrogen-bond acceptors (Lipinski definition) is 3. The molecular weight excluding hydrogens is 228 g/mol. The maximum absolute atomic E-state index is 10.5. The molecule has 0 bridgehead atoms. The summed E-state index contributed by atoms with van der Waals surface area (Å²) in [7, 11) is 0. The monoisotopic (exact) mass is 240 g/mol. The number of carboxylic acid groups (broad SMARTS) is 1. The maximum Gasteiger partial charge on any atom is 0.307 e. The molecule has 2 rings (SSSR count). The zero-order valence-corrected chi connectivity index (χ0v) is 9.65. The second kappa shape index (κ2) is 5.72. The number of aliphatic carboxylic acids is 1. The molecule has 0 saturated carbocycles. The number of benzene rings is 1. The van der Waals surface area contributed by atoms with Gasteiger partial charge < -0.3 is 5.11 Å². The molecule has 90 valence electrons. The lowest BCUT2D eigenvalue weighted by Gasteiger charge is -1.97. The van der Waals surface area contributed by atoms with Gasteiger partial charge in [0, 0.05) is 6.20 Å². The van der Waals surface area contributed by atoms with Crippen molar-refractivity contribution in [2.45, 2.75) is 6.42 Å². The second-order valence-corrected chi connectivity index (χ2v) is 3.75. The van der Waals surface area contributed by atoms with Gasteiger partial charge in [0.25, 0.3) is 0 Å². The van der Waals surface area contributed by atoms with Gasteiger partial charge in [-0.1, -0.05) is 18.2 Å². The van der Waals surface area contributed by atoms with Gasteiger partial charge >= 0.3 is 5.97 Å². The standard InChI is InChI=1S/C14H12N2O2/c17-14(18)9-11-4-6-12(7-5-11)16-10-13-3-1-2-8-15-13/h1-8,10H,9H2,(H,17,18)/b16-10+. The Kier molecular flexibility index (Phi) is 3.81. The molecule has 0 fully saturated rings. The van der Waals surface area contributed by atoms with E-state index in [1.54, 1.807) is 36.7 Å². The van der Waals surface area contributed by atoms with E-state index in [1.807, 2.05) is 18.2 Å². The number of rotatable bonds is 4. The fourth-order valence-corrected chi connectivity index (χ4v) is 1.47. The summed E-state index contributed by atoms with van der Waals surface area (Å²) in [6.45, 7) is 0. The molecule has 0 saturated heterocycles. The van der Waals surface area contributed by atoms with E-state index < -0.39 is 5.97 Å². The molecule has 0 radical (unpaired) electrons. The number of carbonyl (C=O) groups is 1. The molecule has 1 N–H and O–H groups in total. The molecule has 0 atom stereocenters. The Balaban J connectivity index is 2.06. The van der Waals surface area contributed by atoms with Crippen molar-refractivity contribution in [3.63, 3.8) is 0 Å². The molecule has 2 aromatic rings. The number of hydrogen-bond donors (Lipinski definition) is 1. The molecular formula is C14H12N2O2. The maximum atomic E-state index is 10.5. The summed E-state index contributed by atoms with van der Waals surface area (Å²) in [6, 6.07) is 12.7. The van der Waals surface area contributed by atoms with Crippen LogP contribution < -0.4 is 0 Å². The lowest BCUT2D eigenvalue weighted by Crippen LogP contribution is -1.99. The molecule has 0 aliphatic rings. The molecule has 0 amide bonds. The highest BCUT2D eigenvalue weighted by molar-refractivity contribution is 5.79. The minimum atomic E-state index is -0.834. The predicted molar refractivity (Wildman–Crippen MR) is 69.3 cm³/mol. The quantitative estimate of drug-likeness (QED) is 0.835. The normalized spacial score (nSPS) is 10.7. The van der Waals surface area contributed by atoms with Gasteiger partial charge in [0.1, 0.15) is 0 Å². The minimum Gasteiger partial charge on any atom is -0.481 e. The molecule has 4 heteroatoms. The van der Waals surface area contributed by atoms with Crippen molar-refractivity contribution in [3.05, 3.63) is 59.9 Å². The average molecular weight is 240 g/mol. The molecule has 0 spiro atoms. The first-order valence-corrected chi connectivity index (χ1v) is 5.50. The van der Waals surface area contributed by atoms with Crippen molar-refractivity contribution in [2.75, 3.05) is 0 Å². The van der Waals surface area contributed by atoms with Crippen LogP contribution in [0.2, 0.25) is 0 Å². The lowest BCUT2D eigenvalue weighted by molar-refractivity contribution is -0.136. The number of pyridine rings is 1. The number of aliphatic imine (C=N–C) groups is 1. The van der Waals surface area contributed by atoms with Crippen LogP contribution in [0.15, 0.2) is 53.7 Å². The van der Waals surface area contributed by atoms with Crippen LogP contribution in [-0.2, 0) is 11.2 Å². The van der Waals surface area contributed by atoms with Crippen LogP contribution in [-0.4, -0.2) is 22.3 Å². The van der Waals surface area contributed by atoms with E-state index in [-0.39, 0.29) is 6.42 Å². The van der Waals surface area contributed by atoms with E-state index >= 15 is 0 Å². The number of nitrogens with zero attached hydrogens (tertiary/aromatic N) is 2. The summed E-state index contributed by atoms with van der Waals surface area (Å²) in [6.07, 6.45) is 3.41. The first-order chi connectivity index (χ1) is 8.74. The van der Waals surface area contributed by atoms with Crippen LogP contribution in [0.25, 0.3) is 0 Å². The van der Waals surface area contributed by atoms with Gasteiger partial charge in [0.15, 0.2) is 0 Å². The Hall–Kier alpha value is -2.49. The summed E-state index contributed by atoms with van der Waals surface area (Å²) < 4.78 is 0. The van der Waals surface area contributed by atoms with Crippen LogP contribution in [0.4, 0.5) is 5.69 Å². The zero-order chi connectivity index (χ0) is 12.8. The Morgan fingerprint density at radius 1 is 1.22 bits per heavy atom. The SMILES string of the molecule is O=C(O)Cc1ccc(/N=C/c2ccccn2)cc1. The van der Waals surface area contributed by atoms with Crippen molar-refractivity contribution in [1.29, 1.82) is 0 Å². The number of aromatic nitrogens is 1. The van der Waals surface area contributed by atoms with Crippen LogP contribution in [0, 0.1) is 0 Å². The smallest absolute Gasteiger partial charge is 0.307 e. The van der Waals surface area contributed by atoms with E-state index in [9.17, 15) is 4.79 Å². The van der Waals surface area contributed by atoms with Gasteiger partial charge in [-0.15, -0.1) is 0 Å². The Morgan fingerprint density at radius 3 is 2.61 bits per heavy atom. The predicted octanol–water partition coefficient (Wildman–Crippen LogP) is 2.46. The van der Waals surface area contributed by atoms with Crippen LogP contribution in [0.3, 0.4) is 0 Å². The zero-order valence-electron chi connectivity index (χ0n) is 9.65. The van der Waals surface area contributed by atoms with Crippen molar-refractivity contribution in [1.82, 2.24) is 4.98 Å². The summed E-state index contributed by atoms with van der Waals surface area (Å²) in [5, 5.41) is 8.65. The minimum absolute atomic E-state index is 0.0320. The summed E-state index contributed by atoms with van der Waals surface area (Å²) in [5.41, 5.74) is 2.32. The number of carboxylic acids is 1. The second-order valence-electron chi connectivity index (χ2n) is 3.75. The third-order valence-electron chi connectivity index (χ3n) is 2.33. The molecule has 1 aromatic heterocycles. The first kappa shape index (κ1) is 12.0. The van der Waals surface area contributed by atoms with E-state index in [0.29, 0.717) is 0 Å². The van der Waals surface area contributed by atoms with E-state index in [2.05, 4.69) is 9.98 Å². The van der Waals surface area contributed by atoms with Gasteiger partial charge in [-0.3, -0.25) is 14.8 Å². The average Bonchev–Trinajstić information content (AvgIpc) is 2.38. The molecule has 0 aliphatic carbocycles. The van der Waals surface area contributed by atoms with Crippen molar-refractivity contribution in [3.8, 4) is 0 Å². The summed E-state index contributed by atoms with van der Waals surface area (Å²) in [5.74, 6) is -0.834. The van der Waals surface area contributed by atoms with Crippen LogP contribution >= 0.6 is 0 Å². The molecule has 4 nitrogen and oxygen atoms in total. The lowest BCUT2D eigenvalue weighted by atomic mass is 10.1.